The third kappa shape index (κ3) is 3.21. The highest BCUT2D eigenvalue weighted by atomic mass is 16.5. The molecule has 0 radical (unpaired) electrons. The summed E-state index contributed by atoms with van der Waals surface area (Å²) in [5, 5.41) is 4.75. The van der Waals surface area contributed by atoms with E-state index in [1.807, 2.05) is 0 Å². The lowest BCUT2D eigenvalue weighted by Crippen LogP contribution is -2.23. The summed E-state index contributed by atoms with van der Waals surface area (Å²) in [7, 11) is 1.46. The molecule has 0 saturated carbocycles. The molecule has 0 atom stereocenters. The molecule has 0 N–H and O–H groups in total. The molecule has 0 aliphatic heterocycles. The Kier molecular flexibility index (Phi) is 4.83. The monoisotopic (exact) mass is 356 g/mol. The van der Waals surface area contributed by atoms with Crippen molar-refractivity contribution in [1.82, 2.24) is 9.78 Å². The molecule has 0 bridgehead atoms. The number of rotatable bonds is 5. The number of aryl methyl sites for hydroxylation is 1. The average Bonchev–Trinajstić information content (AvgIpc) is 3.11. The van der Waals surface area contributed by atoms with Crippen LogP contribution in [-0.2, 0) is 23.1 Å². The zero-order chi connectivity index (χ0) is 18.7. The third-order valence-electron chi connectivity index (χ3n) is 3.72. The van der Waals surface area contributed by atoms with Gasteiger partial charge in [0.1, 0.15) is 5.56 Å². The van der Waals surface area contributed by atoms with Crippen LogP contribution in [0.15, 0.2) is 45.8 Å². The fourth-order valence-corrected chi connectivity index (χ4v) is 2.49. The second kappa shape index (κ2) is 7.22. The molecule has 2 aromatic heterocycles. The number of carbonyl (C=O) groups is 2. The topological polar surface area (TPSA) is 101 Å². The number of nitrogens with zero attached hydrogens (tertiary/aromatic N) is 2. The van der Waals surface area contributed by atoms with Gasteiger partial charge in [0.15, 0.2) is 18.1 Å². The maximum Gasteiger partial charge on any atom is 0.359 e. The molecule has 0 unspecified atom stereocenters. The van der Waals surface area contributed by atoms with Crippen molar-refractivity contribution in [3.8, 4) is 0 Å². The lowest BCUT2D eigenvalue weighted by molar-refractivity contribution is 0.0417. The fraction of sp³-hybridized carbons (Fsp3) is 0.222. The van der Waals surface area contributed by atoms with E-state index in [4.69, 9.17) is 13.9 Å². The van der Waals surface area contributed by atoms with Gasteiger partial charge in [-0.15, -0.1) is 0 Å². The normalized spacial score (nSPS) is 10.7. The Balaban J connectivity index is 1.86. The van der Waals surface area contributed by atoms with E-state index in [2.05, 4.69) is 5.10 Å². The van der Waals surface area contributed by atoms with Crippen LogP contribution in [-0.4, -0.2) is 28.3 Å². The summed E-state index contributed by atoms with van der Waals surface area (Å²) >= 11 is 0. The molecule has 1 aromatic carbocycles. The van der Waals surface area contributed by atoms with Gasteiger partial charge in [-0.05, 0) is 19.1 Å². The molecule has 0 fully saturated rings. The van der Waals surface area contributed by atoms with Crippen molar-refractivity contribution in [2.75, 3.05) is 6.61 Å². The Morgan fingerprint density at radius 2 is 1.85 bits per heavy atom. The summed E-state index contributed by atoms with van der Waals surface area (Å²) in [6, 6.07) is 8.08. The lowest BCUT2D eigenvalue weighted by atomic mass is 10.1. The van der Waals surface area contributed by atoms with E-state index in [1.54, 1.807) is 31.2 Å². The van der Waals surface area contributed by atoms with Crippen LogP contribution in [0.3, 0.4) is 0 Å². The molecule has 0 amide bonds. The van der Waals surface area contributed by atoms with E-state index >= 15 is 0 Å². The molecule has 0 aliphatic carbocycles. The first-order valence-electron chi connectivity index (χ1n) is 7.89. The first-order chi connectivity index (χ1) is 12.5. The van der Waals surface area contributed by atoms with Gasteiger partial charge >= 0.3 is 11.9 Å². The molecule has 134 valence electrons. The fourth-order valence-electron chi connectivity index (χ4n) is 2.49. The van der Waals surface area contributed by atoms with Gasteiger partial charge in [0.2, 0.25) is 0 Å². The molecule has 0 saturated heterocycles. The summed E-state index contributed by atoms with van der Waals surface area (Å²) in [4.78, 5) is 36.4. The first kappa shape index (κ1) is 17.4. The van der Waals surface area contributed by atoms with Gasteiger partial charge < -0.3 is 13.9 Å². The van der Waals surface area contributed by atoms with E-state index in [9.17, 15) is 14.4 Å². The van der Waals surface area contributed by atoms with Gasteiger partial charge in [-0.25, -0.2) is 14.3 Å². The summed E-state index contributed by atoms with van der Waals surface area (Å²) < 4.78 is 16.4. The van der Waals surface area contributed by atoms with Crippen molar-refractivity contribution in [3.05, 3.63) is 64.0 Å². The third-order valence-corrected chi connectivity index (χ3v) is 3.72. The number of aromatic nitrogens is 2. The second-order valence-corrected chi connectivity index (χ2v) is 5.38. The number of fused-ring (bicyclic) bond motifs is 1. The van der Waals surface area contributed by atoms with Gasteiger partial charge in [0.25, 0.3) is 5.56 Å². The van der Waals surface area contributed by atoms with Crippen LogP contribution >= 0.6 is 0 Å². The maximum absolute atomic E-state index is 12.5. The van der Waals surface area contributed by atoms with E-state index in [-0.39, 0.29) is 35.8 Å². The van der Waals surface area contributed by atoms with Gasteiger partial charge in [0.05, 0.1) is 18.3 Å². The lowest BCUT2D eigenvalue weighted by Gasteiger charge is -2.08. The second-order valence-electron chi connectivity index (χ2n) is 5.38. The Bertz CT molecular complexity index is 1030. The Morgan fingerprint density at radius 1 is 1.12 bits per heavy atom. The molecule has 2 heterocycles. The van der Waals surface area contributed by atoms with Crippen LogP contribution in [0, 0.1) is 0 Å². The van der Waals surface area contributed by atoms with Crippen LogP contribution in [0.2, 0.25) is 0 Å². The number of hydrogen-bond donors (Lipinski definition) is 0. The number of esters is 2. The SMILES string of the molecule is CCOC(=O)c1ccoc1COC(=O)c1nn(C)c(=O)c2ccccc12. The van der Waals surface area contributed by atoms with Crippen LogP contribution in [0.4, 0.5) is 0 Å². The number of furan rings is 1. The van der Waals surface area contributed by atoms with Crippen LogP contribution in [0.25, 0.3) is 10.8 Å². The highest BCUT2D eigenvalue weighted by molar-refractivity contribution is 6.02. The van der Waals surface area contributed by atoms with E-state index < -0.39 is 11.9 Å². The summed E-state index contributed by atoms with van der Waals surface area (Å²) in [6.07, 6.45) is 1.31. The van der Waals surface area contributed by atoms with E-state index in [0.717, 1.165) is 4.68 Å². The Labute approximate surface area is 147 Å². The quantitative estimate of drug-likeness (QED) is 0.645. The highest BCUT2D eigenvalue weighted by Gasteiger charge is 2.20. The van der Waals surface area contributed by atoms with E-state index in [1.165, 1.54) is 19.4 Å². The molecular formula is C18H16N2O6. The summed E-state index contributed by atoms with van der Waals surface area (Å²) in [5.41, 5.74) is -0.113. The minimum atomic E-state index is -0.733. The number of benzene rings is 1. The molecule has 3 aromatic rings. The molecule has 3 rings (SSSR count). The Morgan fingerprint density at radius 3 is 2.58 bits per heavy atom. The van der Waals surface area contributed by atoms with Crippen LogP contribution < -0.4 is 5.56 Å². The van der Waals surface area contributed by atoms with Crippen molar-refractivity contribution < 1.29 is 23.5 Å². The van der Waals surface area contributed by atoms with Gasteiger partial charge in [0, 0.05) is 12.4 Å². The molecule has 0 aliphatic rings. The standard InChI is InChI=1S/C18H16N2O6/c1-3-24-17(22)13-8-9-25-14(13)10-26-18(23)15-11-6-4-5-7-12(11)16(21)20(2)19-15/h4-9H,3,10H2,1-2H3. The highest BCUT2D eigenvalue weighted by Crippen LogP contribution is 2.17. The van der Waals surface area contributed by atoms with Crippen molar-refractivity contribution >= 4 is 22.7 Å². The van der Waals surface area contributed by atoms with Crippen molar-refractivity contribution in [2.45, 2.75) is 13.5 Å². The molecular weight excluding hydrogens is 340 g/mol. The van der Waals surface area contributed by atoms with Gasteiger partial charge in [-0.1, -0.05) is 18.2 Å². The maximum atomic E-state index is 12.5. The number of carbonyl (C=O) groups excluding carboxylic acids is 2. The Hall–Kier alpha value is -3.42. The molecule has 0 spiro atoms. The van der Waals surface area contributed by atoms with Crippen molar-refractivity contribution in [2.24, 2.45) is 7.05 Å². The number of hydrogen-bond acceptors (Lipinski definition) is 7. The van der Waals surface area contributed by atoms with Crippen molar-refractivity contribution in [3.63, 3.8) is 0 Å². The predicted molar refractivity (Wildman–Crippen MR) is 90.8 cm³/mol. The zero-order valence-corrected chi connectivity index (χ0v) is 14.2. The molecule has 8 nitrogen and oxygen atoms in total. The number of ether oxygens (including phenoxy) is 2. The minimum Gasteiger partial charge on any atom is -0.465 e. The van der Waals surface area contributed by atoms with Gasteiger partial charge in [-0.3, -0.25) is 4.79 Å². The van der Waals surface area contributed by atoms with E-state index in [0.29, 0.717) is 10.8 Å². The average molecular weight is 356 g/mol. The van der Waals surface area contributed by atoms with Crippen molar-refractivity contribution in [1.29, 1.82) is 0 Å². The zero-order valence-electron chi connectivity index (χ0n) is 14.2. The minimum absolute atomic E-state index is 0.00643. The summed E-state index contributed by atoms with van der Waals surface area (Å²) in [6.45, 7) is 1.64. The predicted octanol–water partition coefficient (Wildman–Crippen LogP) is 2.06. The molecule has 26 heavy (non-hydrogen) atoms. The van der Waals surface area contributed by atoms with Gasteiger partial charge in [-0.2, -0.15) is 5.10 Å². The summed E-state index contributed by atoms with van der Waals surface area (Å²) in [5.74, 6) is -1.12. The largest absolute Gasteiger partial charge is 0.465 e. The molecule has 8 heteroatoms. The van der Waals surface area contributed by atoms with Crippen LogP contribution in [0.1, 0.15) is 33.5 Å². The smallest absolute Gasteiger partial charge is 0.359 e. The first-order valence-corrected chi connectivity index (χ1v) is 7.89. The van der Waals surface area contributed by atoms with Crippen LogP contribution in [0.5, 0.6) is 0 Å².